The fraction of sp³-hybridized carbons (Fsp3) is 0.379. The number of halogens is 5. The predicted molar refractivity (Wildman–Crippen MR) is 127 cm³/mol. The van der Waals surface area contributed by atoms with Crippen LogP contribution in [0.15, 0.2) is 42.5 Å². The average Bonchev–Trinajstić information content (AvgIpc) is 2.84. The maximum atomic E-state index is 15.3. The van der Waals surface area contributed by atoms with Crippen molar-refractivity contribution in [3.8, 4) is 16.9 Å². The van der Waals surface area contributed by atoms with Crippen molar-refractivity contribution in [1.29, 1.82) is 0 Å². The highest BCUT2D eigenvalue weighted by Crippen LogP contribution is 2.51. The zero-order valence-corrected chi connectivity index (χ0v) is 19.9. The van der Waals surface area contributed by atoms with Crippen LogP contribution in [0.2, 0.25) is 0 Å². The first-order valence-electron chi connectivity index (χ1n) is 12.2. The van der Waals surface area contributed by atoms with Gasteiger partial charge in [0.1, 0.15) is 18.2 Å². The topological polar surface area (TPSA) is 9.23 Å². The maximum absolute atomic E-state index is 15.3. The molecule has 3 aromatic carbocycles. The van der Waals surface area contributed by atoms with Crippen LogP contribution >= 0.6 is 0 Å². The van der Waals surface area contributed by atoms with Crippen molar-refractivity contribution >= 4 is 0 Å². The molecule has 1 nitrogen and oxygen atoms in total. The molecule has 1 aliphatic rings. The standard InChI is InChI=1S/C29H29F5O/c1-3-5-6-8-18-10-9-17(15-22(18)30)16-35-23-14-13-21-20-12-11-19(7-4-2)26(31)24(20)28(33)29(34)25(21)27(23)32/h9-15,28-29H,3-8,16H2,1-2H3. The Kier molecular flexibility index (Phi) is 7.78. The van der Waals surface area contributed by atoms with Crippen LogP contribution in [0.3, 0.4) is 0 Å². The number of fused-ring (bicyclic) bond motifs is 3. The van der Waals surface area contributed by atoms with Gasteiger partial charge in [-0.1, -0.05) is 63.4 Å². The number of benzene rings is 3. The molecule has 4 rings (SSSR count). The number of unbranched alkanes of at least 4 members (excludes halogenated alkanes) is 2. The lowest BCUT2D eigenvalue weighted by molar-refractivity contribution is 0.158. The molecule has 0 radical (unpaired) electrons. The lowest BCUT2D eigenvalue weighted by Gasteiger charge is -2.28. The van der Waals surface area contributed by atoms with E-state index in [1.807, 2.05) is 6.92 Å². The van der Waals surface area contributed by atoms with E-state index in [4.69, 9.17) is 4.74 Å². The molecule has 0 saturated heterocycles. The maximum Gasteiger partial charge on any atom is 0.171 e. The molecule has 0 amide bonds. The van der Waals surface area contributed by atoms with Crippen molar-refractivity contribution in [2.24, 2.45) is 0 Å². The molecule has 0 aromatic heterocycles. The van der Waals surface area contributed by atoms with Crippen LogP contribution in [0.25, 0.3) is 11.1 Å². The first-order valence-corrected chi connectivity index (χ1v) is 12.2. The Hall–Kier alpha value is -2.89. The average molecular weight is 489 g/mol. The van der Waals surface area contributed by atoms with Crippen molar-refractivity contribution in [3.05, 3.63) is 87.7 Å². The summed E-state index contributed by atoms with van der Waals surface area (Å²) in [5, 5.41) is 0. The molecule has 0 spiro atoms. The molecule has 186 valence electrons. The van der Waals surface area contributed by atoms with Gasteiger partial charge < -0.3 is 4.74 Å². The normalized spacial score (nSPS) is 16.7. The fourth-order valence-corrected chi connectivity index (χ4v) is 4.70. The predicted octanol–water partition coefficient (Wildman–Crippen LogP) is 9.07. The highest BCUT2D eigenvalue weighted by atomic mass is 19.2. The van der Waals surface area contributed by atoms with Gasteiger partial charge in [0, 0.05) is 11.1 Å². The second-order valence-corrected chi connectivity index (χ2v) is 9.06. The number of rotatable bonds is 9. The highest BCUT2D eigenvalue weighted by molar-refractivity contribution is 5.76. The van der Waals surface area contributed by atoms with Gasteiger partial charge in [-0.25, -0.2) is 22.0 Å². The van der Waals surface area contributed by atoms with Gasteiger partial charge in [-0.2, -0.15) is 0 Å². The molecule has 3 aromatic rings. The third-order valence-corrected chi connectivity index (χ3v) is 6.58. The fourth-order valence-electron chi connectivity index (χ4n) is 4.70. The van der Waals surface area contributed by atoms with Crippen molar-refractivity contribution < 1.29 is 26.7 Å². The van der Waals surface area contributed by atoms with Crippen molar-refractivity contribution in [1.82, 2.24) is 0 Å². The molecule has 2 unspecified atom stereocenters. The van der Waals surface area contributed by atoms with Crippen LogP contribution in [0.5, 0.6) is 5.75 Å². The van der Waals surface area contributed by atoms with E-state index in [9.17, 15) is 8.78 Å². The molecular weight excluding hydrogens is 459 g/mol. The number of aryl methyl sites for hydroxylation is 2. The van der Waals surface area contributed by atoms with Crippen molar-refractivity contribution in [2.45, 2.75) is 71.3 Å². The van der Waals surface area contributed by atoms with Crippen LogP contribution in [0, 0.1) is 17.5 Å². The number of hydrogen-bond donors (Lipinski definition) is 0. The molecule has 1 aliphatic carbocycles. The summed E-state index contributed by atoms with van der Waals surface area (Å²) in [6.07, 6.45) is -0.0284. The Morgan fingerprint density at radius 2 is 1.37 bits per heavy atom. The minimum Gasteiger partial charge on any atom is -0.486 e. The largest absolute Gasteiger partial charge is 0.486 e. The summed E-state index contributed by atoms with van der Waals surface area (Å²) in [5.41, 5.74) is 0.828. The smallest absolute Gasteiger partial charge is 0.171 e. The molecule has 0 saturated carbocycles. The molecule has 2 atom stereocenters. The monoisotopic (exact) mass is 488 g/mol. The summed E-state index contributed by atoms with van der Waals surface area (Å²) in [6, 6.07) is 10.5. The molecule has 0 fully saturated rings. The zero-order chi connectivity index (χ0) is 25.1. The lowest BCUT2D eigenvalue weighted by Crippen LogP contribution is -2.16. The van der Waals surface area contributed by atoms with Gasteiger partial charge in [0.05, 0.1) is 0 Å². The summed E-state index contributed by atoms with van der Waals surface area (Å²) in [5.74, 6) is -2.42. The Labute approximate surface area is 202 Å². The second kappa shape index (κ2) is 10.8. The summed E-state index contributed by atoms with van der Waals surface area (Å²) in [7, 11) is 0. The van der Waals surface area contributed by atoms with Gasteiger partial charge in [0.15, 0.2) is 23.9 Å². The lowest BCUT2D eigenvalue weighted by atomic mass is 9.81. The van der Waals surface area contributed by atoms with E-state index in [2.05, 4.69) is 6.92 Å². The minimum atomic E-state index is -2.37. The zero-order valence-electron chi connectivity index (χ0n) is 19.9. The van der Waals surface area contributed by atoms with Gasteiger partial charge in [-0.3, -0.25) is 0 Å². The second-order valence-electron chi connectivity index (χ2n) is 9.06. The van der Waals surface area contributed by atoms with Crippen LogP contribution in [0.4, 0.5) is 22.0 Å². The quantitative estimate of drug-likeness (QED) is 0.216. The van der Waals surface area contributed by atoms with E-state index in [1.165, 1.54) is 30.3 Å². The molecule has 35 heavy (non-hydrogen) atoms. The Bertz CT molecular complexity index is 1210. The molecule has 0 heterocycles. The Morgan fingerprint density at radius 1 is 0.714 bits per heavy atom. The first-order chi connectivity index (χ1) is 16.9. The van der Waals surface area contributed by atoms with Gasteiger partial charge >= 0.3 is 0 Å². The molecule has 0 N–H and O–H groups in total. The summed E-state index contributed by atoms with van der Waals surface area (Å²) >= 11 is 0. The van der Waals surface area contributed by atoms with E-state index in [0.717, 1.165) is 19.3 Å². The summed E-state index contributed by atoms with van der Waals surface area (Å²) < 4.78 is 80.3. The van der Waals surface area contributed by atoms with E-state index < -0.39 is 29.5 Å². The van der Waals surface area contributed by atoms with E-state index >= 15 is 13.2 Å². The van der Waals surface area contributed by atoms with Crippen LogP contribution in [0.1, 0.15) is 79.7 Å². The molecule has 0 aliphatic heterocycles. The third-order valence-electron chi connectivity index (χ3n) is 6.58. The number of ether oxygens (including phenoxy) is 1. The number of hydrogen-bond acceptors (Lipinski definition) is 1. The van der Waals surface area contributed by atoms with E-state index in [1.54, 1.807) is 12.1 Å². The molecule has 6 heteroatoms. The van der Waals surface area contributed by atoms with Crippen molar-refractivity contribution in [2.75, 3.05) is 0 Å². The van der Waals surface area contributed by atoms with Gasteiger partial charge in [0.2, 0.25) is 0 Å². The first kappa shape index (κ1) is 25.2. The van der Waals surface area contributed by atoms with Crippen molar-refractivity contribution in [3.63, 3.8) is 0 Å². The Morgan fingerprint density at radius 3 is 2.03 bits per heavy atom. The third kappa shape index (κ3) is 4.93. The van der Waals surface area contributed by atoms with Gasteiger partial charge in [0.25, 0.3) is 0 Å². The van der Waals surface area contributed by atoms with Crippen LogP contribution in [-0.2, 0) is 19.4 Å². The van der Waals surface area contributed by atoms with E-state index in [-0.39, 0.29) is 34.9 Å². The minimum absolute atomic E-state index is 0.107. The van der Waals surface area contributed by atoms with Crippen LogP contribution in [-0.4, -0.2) is 0 Å². The van der Waals surface area contributed by atoms with E-state index in [0.29, 0.717) is 36.0 Å². The van der Waals surface area contributed by atoms with Gasteiger partial charge in [-0.15, -0.1) is 0 Å². The SMILES string of the molecule is CCCCCc1ccc(COc2ccc3c(c2F)C(F)C(F)c2c-3ccc(CCC)c2F)cc1F. The van der Waals surface area contributed by atoms with Gasteiger partial charge in [-0.05, 0) is 59.2 Å². The summed E-state index contributed by atoms with van der Waals surface area (Å²) in [4.78, 5) is 0. The highest BCUT2D eigenvalue weighted by Gasteiger charge is 2.39. The van der Waals surface area contributed by atoms with Crippen LogP contribution < -0.4 is 4.74 Å². The Balaban J connectivity index is 1.59. The molecule has 0 bridgehead atoms. The number of alkyl halides is 2. The summed E-state index contributed by atoms with van der Waals surface area (Å²) in [6.45, 7) is 3.81. The molecular formula is C29H29F5O.